The van der Waals surface area contributed by atoms with E-state index in [1.165, 1.54) is 6.92 Å². The molecule has 0 aliphatic carbocycles. The fourth-order valence-corrected chi connectivity index (χ4v) is 7.52. The Morgan fingerprint density at radius 1 is 0.695 bits per heavy atom. The number of benzene rings is 3. The number of halogens is 3. The van der Waals surface area contributed by atoms with Crippen molar-refractivity contribution < 1.29 is 57.0 Å². The second-order valence-corrected chi connectivity index (χ2v) is 17.4. The van der Waals surface area contributed by atoms with Crippen molar-refractivity contribution in [1.82, 2.24) is 0 Å². The Hall–Kier alpha value is -3.37. The van der Waals surface area contributed by atoms with Crippen molar-refractivity contribution in [2.24, 2.45) is 0 Å². The van der Waals surface area contributed by atoms with E-state index in [4.69, 9.17) is 82.8 Å². The van der Waals surface area contributed by atoms with Crippen LogP contribution in [0.3, 0.4) is 0 Å². The Kier molecular flexibility index (Phi) is 15.7. The van der Waals surface area contributed by atoms with Gasteiger partial charge in [-0.2, -0.15) is 0 Å². The van der Waals surface area contributed by atoms with Crippen LogP contribution in [0.25, 0.3) is 10.8 Å². The SMILES string of the molecule is CC(=O)CCC(=O)O[C@H]1CC[C@H](O[C@@H]2[C@@H](C)O[C@@H](O[C@@H]3CC(OC(=N)C(Cl)(Cl)Cl)O[C@H](C)[C@H]3OC(=O)c3ccccc3)C[C@H]2OCc2ccc3ccccc3c2)O[C@H]1C. The molecule has 0 spiro atoms. The zero-order valence-electron chi connectivity index (χ0n) is 33.3. The maximum atomic E-state index is 13.3. The molecule has 1 unspecified atom stereocenters. The van der Waals surface area contributed by atoms with Gasteiger partial charge in [-0.05, 0) is 68.7 Å². The second kappa shape index (κ2) is 20.5. The van der Waals surface area contributed by atoms with Crippen LogP contribution < -0.4 is 0 Å². The first kappa shape index (κ1) is 45.2. The topological polar surface area (TPSA) is 158 Å². The number of alkyl halides is 3. The lowest BCUT2D eigenvalue weighted by atomic mass is 9.99. The maximum absolute atomic E-state index is 13.3. The molecule has 0 amide bonds. The summed E-state index contributed by atoms with van der Waals surface area (Å²) in [7, 11) is 0. The zero-order chi connectivity index (χ0) is 42.3. The van der Waals surface area contributed by atoms with E-state index in [1.807, 2.05) is 50.2 Å². The Morgan fingerprint density at radius 3 is 2.07 bits per heavy atom. The molecule has 6 rings (SSSR count). The molecule has 11 atom stereocenters. The molecule has 3 fully saturated rings. The molecular formula is C43H50Cl3NO12. The minimum absolute atomic E-state index is 0.00865. The Labute approximate surface area is 358 Å². The predicted molar refractivity (Wildman–Crippen MR) is 218 cm³/mol. The average Bonchev–Trinajstić information content (AvgIpc) is 3.19. The highest BCUT2D eigenvalue weighted by molar-refractivity contribution is 6.76. The molecule has 0 bridgehead atoms. The third-order valence-electron chi connectivity index (χ3n) is 10.5. The van der Waals surface area contributed by atoms with Crippen LogP contribution in [0.15, 0.2) is 72.8 Å². The third-order valence-corrected chi connectivity index (χ3v) is 11.0. The quantitative estimate of drug-likeness (QED) is 0.0718. The monoisotopic (exact) mass is 877 g/mol. The molecule has 59 heavy (non-hydrogen) atoms. The summed E-state index contributed by atoms with van der Waals surface area (Å²) in [5, 5.41) is 10.3. The van der Waals surface area contributed by atoms with E-state index in [0.29, 0.717) is 18.4 Å². The normalized spacial score (nSPS) is 30.0. The first-order valence-electron chi connectivity index (χ1n) is 19.8. The number of ether oxygens (including phenoxy) is 9. The van der Waals surface area contributed by atoms with Gasteiger partial charge in [-0.25, -0.2) is 4.79 Å². The molecular weight excluding hydrogens is 829 g/mol. The van der Waals surface area contributed by atoms with Crippen LogP contribution in [-0.4, -0.2) is 95.1 Å². The molecule has 3 aliphatic rings. The van der Waals surface area contributed by atoms with Gasteiger partial charge < -0.3 is 47.4 Å². The Morgan fingerprint density at radius 2 is 1.36 bits per heavy atom. The van der Waals surface area contributed by atoms with Gasteiger partial charge in [0.2, 0.25) is 12.2 Å². The van der Waals surface area contributed by atoms with Gasteiger partial charge in [-0.15, -0.1) is 0 Å². The van der Waals surface area contributed by atoms with E-state index in [9.17, 15) is 14.4 Å². The highest BCUT2D eigenvalue weighted by atomic mass is 35.6. The molecule has 3 aromatic rings. The van der Waals surface area contributed by atoms with Crippen LogP contribution in [-0.2, 0) is 58.8 Å². The molecule has 320 valence electrons. The van der Waals surface area contributed by atoms with Crippen LogP contribution in [0, 0.1) is 5.41 Å². The molecule has 3 saturated heterocycles. The molecule has 0 saturated carbocycles. The summed E-state index contributed by atoms with van der Waals surface area (Å²) < 4.78 is 53.7. The summed E-state index contributed by atoms with van der Waals surface area (Å²) in [6.45, 7) is 7.06. The highest BCUT2D eigenvalue weighted by Crippen LogP contribution is 2.36. The van der Waals surface area contributed by atoms with Crippen LogP contribution in [0.5, 0.6) is 0 Å². The number of ketones is 1. The summed E-state index contributed by atoms with van der Waals surface area (Å²) in [5.74, 6) is -1.74. The smallest absolute Gasteiger partial charge is 0.338 e. The molecule has 0 aromatic heterocycles. The minimum Gasteiger partial charge on any atom is -0.460 e. The van der Waals surface area contributed by atoms with E-state index < -0.39 is 89.3 Å². The van der Waals surface area contributed by atoms with E-state index in [0.717, 1.165) is 16.3 Å². The number of carbonyl (C=O) groups excluding carboxylic acids is 3. The number of Topliss-reactive ketones (excluding diaryl/α,β-unsaturated/α-hetero) is 1. The van der Waals surface area contributed by atoms with E-state index in [-0.39, 0.29) is 38.1 Å². The van der Waals surface area contributed by atoms with Crippen LogP contribution in [0.1, 0.15) is 82.1 Å². The summed E-state index contributed by atoms with van der Waals surface area (Å²) in [4.78, 5) is 37.0. The van der Waals surface area contributed by atoms with Crippen molar-refractivity contribution in [2.75, 3.05) is 0 Å². The number of fused-ring (bicyclic) bond motifs is 1. The predicted octanol–water partition coefficient (Wildman–Crippen LogP) is 8.16. The van der Waals surface area contributed by atoms with Gasteiger partial charge in [0.25, 0.3) is 3.79 Å². The molecule has 3 heterocycles. The van der Waals surface area contributed by atoms with E-state index in [1.54, 1.807) is 37.3 Å². The lowest BCUT2D eigenvalue weighted by Crippen LogP contribution is -2.56. The zero-order valence-corrected chi connectivity index (χ0v) is 35.5. The molecule has 3 aliphatic heterocycles. The van der Waals surface area contributed by atoms with Gasteiger partial charge in [0.1, 0.15) is 24.1 Å². The summed E-state index contributed by atoms with van der Waals surface area (Å²) in [6, 6.07) is 22.8. The lowest BCUT2D eigenvalue weighted by molar-refractivity contribution is -0.327. The number of nitrogens with one attached hydrogen (secondary N) is 1. The van der Waals surface area contributed by atoms with E-state index in [2.05, 4.69) is 6.07 Å². The number of carbonyl (C=O) groups is 3. The largest absolute Gasteiger partial charge is 0.460 e. The van der Waals surface area contributed by atoms with Gasteiger partial charge in [0, 0.05) is 25.7 Å². The lowest BCUT2D eigenvalue weighted by Gasteiger charge is -2.45. The number of esters is 2. The van der Waals surface area contributed by atoms with Crippen LogP contribution in [0.4, 0.5) is 0 Å². The molecule has 3 aromatic carbocycles. The number of hydrogen-bond donors (Lipinski definition) is 1. The fourth-order valence-electron chi connectivity index (χ4n) is 7.38. The van der Waals surface area contributed by atoms with Crippen LogP contribution >= 0.6 is 34.8 Å². The second-order valence-electron chi connectivity index (χ2n) is 15.1. The first-order valence-corrected chi connectivity index (χ1v) is 20.9. The average molecular weight is 879 g/mol. The minimum atomic E-state index is -2.13. The summed E-state index contributed by atoms with van der Waals surface area (Å²) in [5.41, 5.74) is 1.30. The number of hydrogen-bond acceptors (Lipinski definition) is 13. The fraction of sp³-hybridized carbons (Fsp3) is 0.535. The van der Waals surface area contributed by atoms with Crippen molar-refractivity contribution in [1.29, 1.82) is 5.41 Å². The summed E-state index contributed by atoms with van der Waals surface area (Å²) >= 11 is 17.7. The van der Waals surface area contributed by atoms with Crippen molar-refractivity contribution in [3.05, 3.63) is 83.9 Å². The van der Waals surface area contributed by atoms with Crippen molar-refractivity contribution in [2.45, 2.75) is 144 Å². The van der Waals surface area contributed by atoms with Crippen molar-refractivity contribution in [3.8, 4) is 0 Å². The Balaban J connectivity index is 1.18. The maximum Gasteiger partial charge on any atom is 0.338 e. The molecule has 16 heteroatoms. The van der Waals surface area contributed by atoms with Gasteiger partial charge >= 0.3 is 11.9 Å². The van der Waals surface area contributed by atoms with E-state index >= 15 is 0 Å². The highest BCUT2D eigenvalue weighted by Gasteiger charge is 2.47. The van der Waals surface area contributed by atoms with Gasteiger partial charge in [-0.3, -0.25) is 10.2 Å². The number of rotatable bonds is 14. The van der Waals surface area contributed by atoms with Crippen LogP contribution in [0.2, 0.25) is 0 Å². The third kappa shape index (κ3) is 12.6. The standard InChI is InChI=1S/C43H50Cl3NO12/c1-24(48)14-18-35(49)55-32-17-19-36(52-25(32)2)57-39-26(3)53-37(21-33(39)51-23-28-15-16-29-10-8-9-13-31(29)20-28)56-34-22-38(58-42(47)43(44,45)46)54-27(4)40(34)59-41(50)30-11-6-5-7-12-30/h5-13,15-16,20,25-27,32-34,36-40,47H,14,17-19,21-23H2,1-4H3/t25-,26+,27+,32-,33+,34+,36-,37-,38?,39+,40+/m0/s1. The van der Waals surface area contributed by atoms with Gasteiger partial charge in [-0.1, -0.05) is 89.4 Å². The molecule has 1 N–H and O–H groups in total. The molecule has 13 nitrogen and oxygen atoms in total. The summed E-state index contributed by atoms with van der Waals surface area (Å²) in [6.07, 6.45) is -6.57. The van der Waals surface area contributed by atoms with Gasteiger partial charge in [0.05, 0.1) is 43.0 Å². The first-order chi connectivity index (χ1) is 28.1. The van der Waals surface area contributed by atoms with Gasteiger partial charge in [0.15, 0.2) is 18.7 Å². The van der Waals surface area contributed by atoms with Crippen molar-refractivity contribution in [3.63, 3.8) is 0 Å². The Bertz CT molecular complexity index is 1910. The van der Waals surface area contributed by atoms with Crippen molar-refractivity contribution >= 4 is 69.2 Å². The molecule has 0 radical (unpaired) electrons.